The fraction of sp³-hybridized carbons (Fsp3) is 0.273. The topological polar surface area (TPSA) is 78.2 Å². The predicted molar refractivity (Wildman–Crippen MR) is 67.0 cm³/mol. The van der Waals surface area contributed by atoms with Crippen molar-refractivity contribution in [3.8, 4) is 0 Å². The molecule has 0 radical (unpaired) electrons. The maximum absolute atomic E-state index is 12.6. The molecule has 1 aromatic heterocycles. The van der Waals surface area contributed by atoms with Crippen LogP contribution >= 0.6 is 0 Å². The van der Waals surface area contributed by atoms with Gasteiger partial charge in [-0.1, -0.05) is 6.07 Å². The Hall–Kier alpha value is -2.45. The van der Waals surface area contributed by atoms with E-state index < -0.39 is 24.5 Å². The van der Waals surface area contributed by atoms with Crippen molar-refractivity contribution in [2.75, 3.05) is 11.6 Å². The van der Waals surface area contributed by atoms with Gasteiger partial charge in [0.25, 0.3) is 5.84 Å². The number of alkyl halides is 3. The average Bonchev–Trinajstić information content (AvgIpc) is 2.33. The molecule has 0 fully saturated rings. The van der Waals surface area contributed by atoms with Crippen LogP contribution in [-0.4, -0.2) is 41.3 Å². The van der Waals surface area contributed by atoms with Gasteiger partial charge in [0.15, 0.2) is 5.82 Å². The first-order valence-corrected chi connectivity index (χ1v) is 5.29. The van der Waals surface area contributed by atoms with E-state index >= 15 is 0 Å². The number of aromatic nitrogens is 1. The summed E-state index contributed by atoms with van der Waals surface area (Å²) in [5.74, 6) is -2.89. The molecule has 9 heteroatoms. The van der Waals surface area contributed by atoms with Gasteiger partial charge in [0.05, 0.1) is 0 Å². The van der Waals surface area contributed by atoms with E-state index in [1.165, 1.54) is 6.20 Å². The lowest BCUT2D eigenvalue weighted by Crippen LogP contribution is -2.31. The Kier molecular flexibility index (Phi) is 4.78. The van der Waals surface area contributed by atoms with Crippen molar-refractivity contribution in [3.63, 3.8) is 0 Å². The fourth-order valence-electron chi connectivity index (χ4n) is 1.33. The van der Waals surface area contributed by atoms with Crippen molar-refractivity contribution in [2.45, 2.75) is 13.1 Å². The minimum absolute atomic E-state index is 0.000278. The Labute approximate surface area is 112 Å². The maximum Gasteiger partial charge on any atom is 0.453 e. The Morgan fingerprint density at radius 2 is 2.20 bits per heavy atom. The first kappa shape index (κ1) is 15.6. The summed E-state index contributed by atoms with van der Waals surface area (Å²) in [5.41, 5.74) is 0.475. The van der Waals surface area contributed by atoms with Crippen LogP contribution in [0.25, 0.3) is 0 Å². The van der Waals surface area contributed by atoms with Gasteiger partial charge in [-0.15, -0.1) is 5.10 Å². The van der Waals surface area contributed by atoms with Crippen LogP contribution in [0.3, 0.4) is 0 Å². The van der Waals surface area contributed by atoms with Gasteiger partial charge in [-0.25, -0.2) is 15.0 Å². The van der Waals surface area contributed by atoms with Crippen molar-refractivity contribution < 1.29 is 23.1 Å². The molecule has 108 valence electrons. The number of hydrazone groups is 1. The highest BCUT2D eigenvalue weighted by molar-refractivity contribution is 5.92. The molecule has 0 unspecified atom stereocenters. The molecule has 0 aliphatic rings. The van der Waals surface area contributed by atoms with Crippen LogP contribution in [0.4, 0.5) is 19.0 Å². The standard InChI is InChI=1S/C11H11F3N4O2/c1-7-4-3-5-16-9(7)18(6-8(19)20)17-10(15-2)11(12,13)14/h3-5H,2,6H2,1H3,(H,19,20)/b17-10-. The number of carbonyl (C=O) groups is 1. The van der Waals surface area contributed by atoms with Crippen LogP contribution in [0.15, 0.2) is 28.4 Å². The highest BCUT2D eigenvalue weighted by atomic mass is 19.4. The van der Waals surface area contributed by atoms with E-state index in [1.54, 1.807) is 19.1 Å². The van der Waals surface area contributed by atoms with Crippen LogP contribution in [0.1, 0.15) is 5.56 Å². The number of nitrogens with zero attached hydrogens (tertiary/aromatic N) is 4. The molecular formula is C11H11F3N4O2. The van der Waals surface area contributed by atoms with Crippen molar-refractivity contribution in [3.05, 3.63) is 23.9 Å². The molecule has 6 nitrogen and oxygen atoms in total. The van der Waals surface area contributed by atoms with E-state index in [4.69, 9.17) is 5.11 Å². The molecule has 0 saturated carbocycles. The third-order valence-electron chi connectivity index (χ3n) is 2.13. The number of aliphatic imine (C=N–C) groups is 1. The fourth-order valence-corrected chi connectivity index (χ4v) is 1.33. The van der Waals surface area contributed by atoms with Crippen LogP contribution in [0.2, 0.25) is 0 Å². The molecule has 1 heterocycles. The number of carboxylic acids is 1. The van der Waals surface area contributed by atoms with Gasteiger partial charge in [-0.05, 0) is 25.3 Å². The Bertz CT molecular complexity index is 543. The lowest BCUT2D eigenvalue weighted by atomic mass is 10.3. The minimum atomic E-state index is -4.83. The van der Waals surface area contributed by atoms with Gasteiger partial charge in [-0.3, -0.25) is 4.79 Å². The molecule has 20 heavy (non-hydrogen) atoms. The summed E-state index contributed by atoms with van der Waals surface area (Å²) >= 11 is 0. The lowest BCUT2D eigenvalue weighted by molar-refractivity contribution is -0.135. The molecule has 0 bridgehead atoms. The van der Waals surface area contributed by atoms with Gasteiger partial charge in [0.1, 0.15) is 6.54 Å². The van der Waals surface area contributed by atoms with Gasteiger partial charge >= 0.3 is 12.1 Å². The SMILES string of the molecule is C=N/C(=N\N(CC(=O)O)c1ncccc1C)C(F)(F)F. The van der Waals surface area contributed by atoms with Crippen molar-refractivity contribution >= 4 is 24.3 Å². The highest BCUT2D eigenvalue weighted by Gasteiger charge is 2.36. The first-order chi connectivity index (χ1) is 9.25. The molecule has 0 aromatic carbocycles. The third-order valence-corrected chi connectivity index (χ3v) is 2.13. The first-order valence-electron chi connectivity index (χ1n) is 5.29. The number of anilines is 1. The molecule has 1 N–H and O–H groups in total. The predicted octanol–water partition coefficient (Wildman–Crippen LogP) is 1.86. The molecule has 0 saturated heterocycles. The molecular weight excluding hydrogens is 277 g/mol. The molecule has 0 aliphatic carbocycles. The zero-order valence-electron chi connectivity index (χ0n) is 10.4. The van der Waals surface area contributed by atoms with E-state index in [2.05, 4.69) is 21.8 Å². The smallest absolute Gasteiger partial charge is 0.453 e. The molecule has 1 rings (SSSR count). The van der Waals surface area contributed by atoms with Crippen LogP contribution in [-0.2, 0) is 4.79 Å². The normalized spacial score (nSPS) is 12.1. The molecule has 1 aromatic rings. The van der Waals surface area contributed by atoms with E-state index in [0.717, 1.165) is 0 Å². The van der Waals surface area contributed by atoms with Crippen molar-refractivity contribution in [2.24, 2.45) is 10.1 Å². The monoisotopic (exact) mass is 288 g/mol. The minimum Gasteiger partial charge on any atom is -0.480 e. The van der Waals surface area contributed by atoms with E-state index in [9.17, 15) is 18.0 Å². The van der Waals surface area contributed by atoms with Gasteiger partial charge in [-0.2, -0.15) is 13.2 Å². The summed E-state index contributed by atoms with van der Waals surface area (Å²) in [6.45, 7) is 3.57. The lowest BCUT2D eigenvalue weighted by Gasteiger charge is -2.19. The van der Waals surface area contributed by atoms with Crippen LogP contribution < -0.4 is 5.01 Å². The number of pyridine rings is 1. The summed E-state index contributed by atoms with van der Waals surface area (Å²) in [6.07, 6.45) is -3.51. The van der Waals surface area contributed by atoms with Crippen molar-refractivity contribution in [1.82, 2.24) is 4.98 Å². The molecule has 0 spiro atoms. The summed E-state index contributed by atoms with van der Waals surface area (Å²) in [5, 5.41) is 12.6. The molecule has 0 amide bonds. The Morgan fingerprint density at radius 3 is 2.65 bits per heavy atom. The Morgan fingerprint density at radius 1 is 1.55 bits per heavy atom. The highest BCUT2D eigenvalue weighted by Crippen LogP contribution is 2.21. The summed E-state index contributed by atoms with van der Waals surface area (Å²) in [6, 6.07) is 3.14. The maximum atomic E-state index is 12.6. The van der Waals surface area contributed by atoms with Gasteiger partial charge in [0, 0.05) is 6.20 Å². The summed E-state index contributed by atoms with van der Waals surface area (Å²) in [4.78, 5) is 17.3. The number of halogens is 3. The largest absolute Gasteiger partial charge is 0.480 e. The summed E-state index contributed by atoms with van der Waals surface area (Å²) in [7, 11) is 0. The molecule has 0 aliphatic heterocycles. The summed E-state index contributed by atoms with van der Waals surface area (Å²) < 4.78 is 37.7. The number of aliphatic carboxylic acids is 1. The van der Waals surface area contributed by atoms with Crippen LogP contribution in [0.5, 0.6) is 0 Å². The number of carboxylic acid groups (broad SMARTS) is 1. The number of rotatable bonds is 4. The van der Waals surface area contributed by atoms with Crippen molar-refractivity contribution in [1.29, 1.82) is 0 Å². The number of hydrogen-bond acceptors (Lipinski definition) is 4. The van der Waals surface area contributed by atoms with Gasteiger partial charge < -0.3 is 5.11 Å². The second kappa shape index (κ2) is 6.13. The van der Waals surface area contributed by atoms with E-state index in [0.29, 0.717) is 10.6 Å². The average molecular weight is 288 g/mol. The number of amidine groups is 1. The van der Waals surface area contributed by atoms with Gasteiger partial charge in [0.2, 0.25) is 0 Å². The number of aryl methyl sites for hydroxylation is 1. The van der Waals surface area contributed by atoms with Crippen LogP contribution in [0, 0.1) is 6.92 Å². The van der Waals surface area contributed by atoms with E-state index in [-0.39, 0.29) is 5.82 Å². The quantitative estimate of drug-likeness (QED) is 0.521. The second-order valence-corrected chi connectivity index (χ2v) is 3.67. The number of hydrogen-bond donors (Lipinski definition) is 1. The third kappa shape index (κ3) is 4.04. The Balaban J connectivity index is 3.27. The molecule has 0 atom stereocenters. The van der Waals surface area contributed by atoms with E-state index in [1.807, 2.05) is 0 Å². The second-order valence-electron chi connectivity index (χ2n) is 3.67. The zero-order valence-corrected chi connectivity index (χ0v) is 10.4. The zero-order chi connectivity index (χ0) is 15.3.